The number of benzene rings is 2. The van der Waals surface area contributed by atoms with Crippen LogP contribution >= 0.6 is 0 Å². The third kappa shape index (κ3) is 3.08. The van der Waals surface area contributed by atoms with Gasteiger partial charge in [-0.05, 0) is 36.7 Å². The van der Waals surface area contributed by atoms with E-state index in [1.165, 1.54) is 18.2 Å². The Morgan fingerprint density at radius 3 is 2.24 bits per heavy atom. The van der Waals surface area contributed by atoms with Gasteiger partial charge in [0.2, 0.25) is 0 Å². The summed E-state index contributed by atoms with van der Waals surface area (Å²) < 4.78 is 53.8. The van der Waals surface area contributed by atoms with Crippen molar-refractivity contribution in [2.45, 2.75) is 19.9 Å². The lowest BCUT2D eigenvalue weighted by Crippen LogP contribution is -2.23. The van der Waals surface area contributed by atoms with Gasteiger partial charge in [0.1, 0.15) is 5.82 Å². The van der Waals surface area contributed by atoms with Crippen molar-refractivity contribution >= 4 is 0 Å². The van der Waals surface area contributed by atoms with Crippen LogP contribution in [0.1, 0.15) is 29.7 Å². The Morgan fingerprint density at radius 1 is 0.952 bits per heavy atom. The smallest absolute Gasteiger partial charge is 0.194 e. The number of hydrogen-bond acceptors (Lipinski definition) is 1. The minimum atomic E-state index is -1.51. The van der Waals surface area contributed by atoms with Gasteiger partial charge < -0.3 is 5.32 Å². The van der Waals surface area contributed by atoms with Crippen LogP contribution in [0, 0.1) is 30.2 Å². The molecule has 0 heterocycles. The van der Waals surface area contributed by atoms with Crippen LogP contribution in [0.3, 0.4) is 0 Å². The van der Waals surface area contributed by atoms with Crippen LogP contribution in [0.2, 0.25) is 0 Å². The highest BCUT2D eigenvalue weighted by molar-refractivity contribution is 5.36. The molecule has 0 aliphatic heterocycles. The summed E-state index contributed by atoms with van der Waals surface area (Å²) in [5, 5.41) is 3.00. The molecule has 0 bridgehead atoms. The SMILES string of the molecule is CCNC(c1ccc(F)c(C)c1)c1ccc(F)c(F)c1F. The average molecular weight is 297 g/mol. The summed E-state index contributed by atoms with van der Waals surface area (Å²) in [6.45, 7) is 3.88. The Morgan fingerprint density at radius 2 is 1.62 bits per heavy atom. The Labute approximate surface area is 120 Å². The summed E-state index contributed by atoms with van der Waals surface area (Å²) in [4.78, 5) is 0. The first-order valence-electron chi connectivity index (χ1n) is 6.58. The van der Waals surface area contributed by atoms with Gasteiger partial charge in [0.25, 0.3) is 0 Å². The van der Waals surface area contributed by atoms with E-state index in [1.807, 2.05) is 0 Å². The molecule has 0 aromatic heterocycles. The van der Waals surface area contributed by atoms with Gasteiger partial charge >= 0.3 is 0 Å². The highest BCUT2D eigenvalue weighted by Crippen LogP contribution is 2.28. The van der Waals surface area contributed by atoms with Gasteiger partial charge in [-0.3, -0.25) is 0 Å². The first-order valence-corrected chi connectivity index (χ1v) is 6.58. The predicted octanol–water partition coefficient (Wildman–Crippen LogP) is 4.25. The molecule has 0 saturated carbocycles. The van der Waals surface area contributed by atoms with Crippen molar-refractivity contribution in [3.63, 3.8) is 0 Å². The van der Waals surface area contributed by atoms with Crippen LogP contribution in [-0.4, -0.2) is 6.54 Å². The first kappa shape index (κ1) is 15.5. The molecule has 1 atom stereocenters. The zero-order valence-electron chi connectivity index (χ0n) is 11.7. The molecule has 1 nitrogen and oxygen atoms in total. The predicted molar refractivity (Wildman–Crippen MR) is 73.0 cm³/mol. The first-order chi connectivity index (χ1) is 9.95. The Bertz CT molecular complexity index is 655. The molecule has 0 radical (unpaired) electrons. The second-order valence-electron chi connectivity index (χ2n) is 4.76. The van der Waals surface area contributed by atoms with Gasteiger partial charge in [-0.25, -0.2) is 17.6 Å². The van der Waals surface area contributed by atoms with Crippen molar-refractivity contribution < 1.29 is 17.6 Å². The Balaban J connectivity index is 2.53. The summed E-state index contributed by atoms with van der Waals surface area (Å²) >= 11 is 0. The lowest BCUT2D eigenvalue weighted by atomic mass is 9.96. The van der Waals surface area contributed by atoms with E-state index in [4.69, 9.17) is 0 Å². The lowest BCUT2D eigenvalue weighted by Gasteiger charge is -2.20. The van der Waals surface area contributed by atoms with E-state index < -0.39 is 23.5 Å². The summed E-state index contributed by atoms with van der Waals surface area (Å²) in [7, 11) is 0. The van der Waals surface area contributed by atoms with Gasteiger partial charge in [0.05, 0.1) is 6.04 Å². The van der Waals surface area contributed by atoms with E-state index in [9.17, 15) is 17.6 Å². The quantitative estimate of drug-likeness (QED) is 0.657. The fraction of sp³-hybridized carbons (Fsp3) is 0.250. The van der Waals surface area contributed by atoms with Gasteiger partial charge in [0.15, 0.2) is 17.5 Å². The van der Waals surface area contributed by atoms with Gasteiger partial charge in [0, 0.05) is 5.56 Å². The molecule has 21 heavy (non-hydrogen) atoms. The summed E-state index contributed by atoms with van der Waals surface area (Å²) in [5.41, 5.74) is 0.973. The van der Waals surface area contributed by atoms with Crippen molar-refractivity contribution in [1.82, 2.24) is 5.32 Å². The molecule has 0 amide bonds. The number of hydrogen-bond donors (Lipinski definition) is 1. The van der Waals surface area contributed by atoms with Crippen LogP contribution in [-0.2, 0) is 0 Å². The molecule has 112 valence electrons. The van der Waals surface area contributed by atoms with E-state index in [0.29, 0.717) is 17.7 Å². The third-order valence-corrected chi connectivity index (χ3v) is 3.30. The van der Waals surface area contributed by atoms with E-state index in [0.717, 1.165) is 6.07 Å². The molecule has 0 aliphatic rings. The van der Waals surface area contributed by atoms with Crippen molar-refractivity contribution in [3.8, 4) is 0 Å². The molecule has 0 aliphatic carbocycles. The monoisotopic (exact) mass is 297 g/mol. The molecule has 2 rings (SSSR count). The minimum Gasteiger partial charge on any atom is -0.306 e. The number of aryl methyl sites for hydroxylation is 1. The Kier molecular flexibility index (Phi) is 4.63. The standard InChI is InChI=1S/C16H15F4N/c1-3-21-16(10-4-6-12(17)9(2)8-10)11-5-7-13(18)15(20)14(11)19/h4-8,16,21H,3H2,1-2H3. The van der Waals surface area contributed by atoms with E-state index in [-0.39, 0.29) is 11.4 Å². The highest BCUT2D eigenvalue weighted by Gasteiger charge is 2.22. The lowest BCUT2D eigenvalue weighted by molar-refractivity contribution is 0.433. The molecule has 0 fully saturated rings. The molecule has 2 aromatic carbocycles. The number of nitrogens with one attached hydrogen (secondary N) is 1. The van der Waals surface area contributed by atoms with Crippen molar-refractivity contribution in [2.24, 2.45) is 0 Å². The molecule has 0 spiro atoms. The largest absolute Gasteiger partial charge is 0.306 e. The fourth-order valence-corrected chi connectivity index (χ4v) is 2.22. The van der Waals surface area contributed by atoms with Crippen molar-refractivity contribution in [1.29, 1.82) is 0 Å². The fourth-order valence-electron chi connectivity index (χ4n) is 2.22. The molecule has 1 unspecified atom stereocenters. The van der Waals surface area contributed by atoms with Crippen molar-refractivity contribution in [3.05, 3.63) is 70.3 Å². The Hall–Kier alpha value is -1.88. The van der Waals surface area contributed by atoms with E-state index in [1.54, 1.807) is 19.9 Å². The minimum absolute atomic E-state index is 0.0123. The molecular weight excluding hydrogens is 282 g/mol. The molecule has 1 N–H and O–H groups in total. The van der Waals surface area contributed by atoms with Crippen molar-refractivity contribution in [2.75, 3.05) is 6.54 Å². The summed E-state index contributed by atoms with van der Waals surface area (Å²) in [5.74, 6) is -4.35. The third-order valence-electron chi connectivity index (χ3n) is 3.30. The second kappa shape index (κ2) is 6.26. The van der Waals surface area contributed by atoms with Gasteiger partial charge in [-0.15, -0.1) is 0 Å². The van der Waals surface area contributed by atoms with E-state index >= 15 is 0 Å². The van der Waals surface area contributed by atoms with Crippen LogP contribution in [0.5, 0.6) is 0 Å². The zero-order chi connectivity index (χ0) is 15.6. The maximum Gasteiger partial charge on any atom is 0.194 e. The topological polar surface area (TPSA) is 12.0 Å². The van der Waals surface area contributed by atoms with Gasteiger partial charge in [-0.2, -0.15) is 0 Å². The second-order valence-corrected chi connectivity index (χ2v) is 4.76. The van der Waals surface area contributed by atoms with Crippen LogP contribution in [0.25, 0.3) is 0 Å². The number of rotatable bonds is 4. The highest BCUT2D eigenvalue weighted by atomic mass is 19.2. The maximum absolute atomic E-state index is 14.0. The molecule has 5 heteroatoms. The molecule has 0 saturated heterocycles. The van der Waals surface area contributed by atoms with Gasteiger partial charge in [-0.1, -0.05) is 25.1 Å². The maximum atomic E-state index is 14.0. The van der Waals surface area contributed by atoms with Crippen LogP contribution < -0.4 is 5.32 Å². The van der Waals surface area contributed by atoms with Crippen LogP contribution in [0.4, 0.5) is 17.6 Å². The average Bonchev–Trinajstić information content (AvgIpc) is 2.46. The zero-order valence-corrected chi connectivity index (χ0v) is 11.7. The molecular formula is C16H15F4N. The van der Waals surface area contributed by atoms with Crippen LogP contribution in [0.15, 0.2) is 30.3 Å². The normalized spacial score (nSPS) is 12.5. The summed E-state index contributed by atoms with van der Waals surface area (Å²) in [6.07, 6.45) is 0. The van der Waals surface area contributed by atoms with E-state index in [2.05, 4.69) is 5.32 Å². The number of halogens is 4. The molecule has 2 aromatic rings. The summed E-state index contributed by atoms with van der Waals surface area (Å²) in [6, 6.07) is 5.73.